The predicted octanol–water partition coefficient (Wildman–Crippen LogP) is 3.08. The molecular formula is C18H29ClN2O2. The van der Waals surface area contributed by atoms with Gasteiger partial charge in [0.25, 0.3) is 0 Å². The molecule has 1 aliphatic heterocycles. The summed E-state index contributed by atoms with van der Waals surface area (Å²) < 4.78 is 5.86. The van der Waals surface area contributed by atoms with Crippen molar-refractivity contribution in [3.8, 4) is 0 Å². The van der Waals surface area contributed by atoms with Crippen molar-refractivity contribution in [3.05, 3.63) is 35.4 Å². The Morgan fingerprint density at radius 2 is 2.00 bits per heavy atom. The Morgan fingerprint density at radius 3 is 2.61 bits per heavy atom. The van der Waals surface area contributed by atoms with E-state index in [0.717, 1.165) is 31.6 Å². The molecule has 1 fully saturated rings. The molecule has 0 radical (unpaired) electrons. The Morgan fingerprint density at radius 1 is 1.35 bits per heavy atom. The average molecular weight is 341 g/mol. The molecule has 2 unspecified atom stereocenters. The normalized spacial score (nSPS) is 18.8. The van der Waals surface area contributed by atoms with Gasteiger partial charge in [0, 0.05) is 19.7 Å². The van der Waals surface area contributed by atoms with Gasteiger partial charge in [0.05, 0.1) is 6.10 Å². The molecule has 0 bridgehead atoms. The molecule has 1 amide bonds. The van der Waals surface area contributed by atoms with E-state index in [2.05, 4.69) is 13.8 Å². The molecule has 0 aliphatic carbocycles. The molecule has 0 saturated carbocycles. The van der Waals surface area contributed by atoms with Gasteiger partial charge >= 0.3 is 0 Å². The van der Waals surface area contributed by atoms with Gasteiger partial charge in [0.2, 0.25) is 5.91 Å². The minimum atomic E-state index is -0.574. The van der Waals surface area contributed by atoms with Crippen LogP contribution in [-0.4, -0.2) is 36.6 Å². The maximum Gasteiger partial charge on any atom is 0.244 e. The number of nitrogens with two attached hydrogens (primary N) is 1. The minimum Gasteiger partial charge on any atom is -0.376 e. The number of benzene rings is 1. The molecule has 1 saturated heterocycles. The number of ether oxygens (including phenoxy) is 1. The number of aryl methyl sites for hydroxylation is 1. The van der Waals surface area contributed by atoms with Crippen molar-refractivity contribution in [2.45, 2.75) is 45.8 Å². The number of rotatable bonds is 6. The van der Waals surface area contributed by atoms with Crippen molar-refractivity contribution in [2.75, 3.05) is 19.7 Å². The molecule has 5 heteroatoms. The van der Waals surface area contributed by atoms with Crippen LogP contribution in [0.2, 0.25) is 0 Å². The van der Waals surface area contributed by atoms with Crippen molar-refractivity contribution in [1.29, 1.82) is 0 Å². The van der Waals surface area contributed by atoms with Gasteiger partial charge in [0.15, 0.2) is 0 Å². The third-order valence-electron chi connectivity index (χ3n) is 4.21. The summed E-state index contributed by atoms with van der Waals surface area (Å²) in [6, 6.07) is 7.28. The molecule has 2 atom stereocenters. The van der Waals surface area contributed by atoms with Crippen LogP contribution in [0.4, 0.5) is 0 Å². The number of carbonyl (C=O) groups excluding carboxylic acids is 1. The lowest BCUT2D eigenvalue weighted by molar-refractivity contribution is -0.132. The van der Waals surface area contributed by atoms with Crippen LogP contribution >= 0.6 is 12.4 Å². The molecule has 1 aliphatic rings. The number of likely N-dealkylation sites (tertiary alicyclic amines) is 1. The second-order valence-electron chi connectivity index (χ2n) is 6.64. The zero-order valence-corrected chi connectivity index (χ0v) is 15.1. The lowest BCUT2D eigenvalue weighted by Gasteiger charge is -2.21. The van der Waals surface area contributed by atoms with E-state index in [1.165, 1.54) is 5.56 Å². The van der Waals surface area contributed by atoms with Crippen LogP contribution in [0.1, 0.15) is 43.9 Å². The Balaban J connectivity index is 0.00000264. The van der Waals surface area contributed by atoms with Gasteiger partial charge in [-0.2, -0.15) is 0 Å². The summed E-state index contributed by atoms with van der Waals surface area (Å²) in [7, 11) is 0. The zero-order chi connectivity index (χ0) is 16.1. The van der Waals surface area contributed by atoms with Crippen LogP contribution in [0.5, 0.6) is 0 Å². The fourth-order valence-electron chi connectivity index (χ4n) is 2.65. The van der Waals surface area contributed by atoms with Gasteiger partial charge in [0.1, 0.15) is 6.04 Å². The smallest absolute Gasteiger partial charge is 0.244 e. The van der Waals surface area contributed by atoms with E-state index in [1.54, 1.807) is 0 Å². The topological polar surface area (TPSA) is 55.6 Å². The zero-order valence-electron chi connectivity index (χ0n) is 14.3. The lowest BCUT2D eigenvalue weighted by atomic mass is 10.1. The first-order valence-electron chi connectivity index (χ1n) is 8.20. The molecule has 0 spiro atoms. The van der Waals surface area contributed by atoms with Gasteiger partial charge in [-0.15, -0.1) is 12.4 Å². The molecule has 2 rings (SSSR count). The number of amides is 1. The summed E-state index contributed by atoms with van der Waals surface area (Å²) in [6.07, 6.45) is 2.13. The van der Waals surface area contributed by atoms with Crippen molar-refractivity contribution in [2.24, 2.45) is 11.7 Å². The van der Waals surface area contributed by atoms with E-state index in [1.807, 2.05) is 36.1 Å². The van der Waals surface area contributed by atoms with Gasteiger partial charge in [-0.25, -0.2) is 0 Å². The first-order valence-corrected chi connectivity index (χ1v) is 8.20. The number of hydrogen-bond donors (Lipinski definition) is 1. The highest BCUT2D eigenvalue weighted by atomic mass is 35.5. The fraction of sp³-hybridized carbons (Fsp3) is 0.611. The van der Waals surface area contributed by atoms with Crippen LogP contribution in [0, 0.1) is 12.8 Å². The number of nitrogens with zero attached hydrogens (tertiary/aromatic N) is 1. The van der Waals surface area contributed by atoms with Crippen molar-refractivity contribution >= 4 is 18.3 Å². The van der Waals surface area contributed by atoms with Crippen molar-refractivity contribution in [1.82, 2.24) is 4.90 Å². The maximum absolute atomic E-state index is 12.5. The number of carbonyl (C=O) groups is 1. The standard InChI is InChI=1S/C18H28N2O2.ClH/c1-13(2)9-11-22-16-8-10-20(12-16)18(21)17(19)15-6-4-14(3)5-7-15;/h4-7,13,16-17H,8-12,19H2,1-3H3;1H. The minimum absolute atomic E-state index is 0. The van der Waals surface area contributed by atoms with Crippen LogP contribution in [0.25, 0.3) is 0 Å². The van der Waals surface area contributed by atoms with Crippen LogP contribution in [0.15, 0.2) is 24.3 Å². The summed E-state index contributed by atoms with van der Waals surface area (Å²) in [5.74, 6) is 0.646. The largest absolute Gasteiger partial charge is 0.376 e. The van der Waals surface area contributed by atoms with Crippen LogP contribution in [-0.2, 0) is 9.53 Å². The molecule has 1 aromatic carbocycles. The third-order valence-corrected chi connectivity index (χ3v) is 4.21. The summed E-state index contributed by atoms with van der Waals surface area (Å²) in [5.41, 5.74) is 8.17. The predicted molar refractivity (Wildman–Crippen MR) is 95.7 cm³/mol. The molecule has 23 heavy (non-hydrogen) atoms. The Kier molecular flexibility index (Phi) is 8.03. The van der Waals surface area contributed by atoms with E-state index >= 15 is 0 Å². The van der Waals surface area contributed by atoms with Crippen molar-refractivity contribution in [3.63, 3.8) is 0 Å². The highest BCUT2D eigenvalue weighted by molar-refractivity contribution is 5.85. The Bertz CT molecular complexity index is 490. The average Bonchev–Trinajstić information content (AvgIpc) is 2.95. The Labute approximate surface area is 145 Å². The van der Waals surface area contributed by atoms with E-state index < -0.39 is 6.04 Å². The Hall–Kier alpha value is -1.10. The molecule has 1 aromatic rings. The molecule has 2 N–H and O–H groups in total. The summed E-state index contributed by atoms with van der Waals surface area (Å²) >= 11 is 0. The quantitative estimate of drug-likeness (QED) is 0.865. The summed E-state index contributed by atoms with van der Waals surface area (Å²) in [4.78, 5) is 14.3. The summed E-state index contributed by atoms with van der Waals surface area (Å²) in [5, 5.41) is 0. The second-order valence-corrected chi connectivity index (χ2v) is 6.64. The van der Waals surface area contributed by atoms with E-state index in [-0.39, 0.29) is 24.4 Å². The van der Waals surface area contributed by atoms with Crippen LogP contribution < -0.4 is 5.73 Å². The summed E-state index contributed by atoms with van der Waals surface area (Å²) in [6.45, 7) is 8.58. The molecule has 1 heterocycles. The number of hydrogen-bond acceptors (Lipinski definition) is 3. The first kappa shape index (κ1) is 19.9. The first-order chi connectivity index (χ1) is 10.5. The van der Waals surface area contributed by atoms with Gasteiger partial charge in [-0.1, -0.05) is 43.7 Å². The van der Waals surface area contributed by atoms with E-state index in [0.29, 0.717) is 12.5 Å². The van der Waals surface area contributed by atoms with Gasteiger partial charge in [-0.3, -0.25) is 4.79 Å². The highest BCUT2D eigenvalue weighted by Gasteiger charge is 2.30. The lowest BCUT2D eigenvalue weighted by Crippen LogP contribution is -2.37. The SMILES string of the molecule is Cc1ccc(C(N)C(=O)N2CCC(OCCC(C)C)C2)cc1.Cl. The molecule has 130 valence electrons. The van der Waals surface area contributed by atoms with E-state index in [4.69, 9.17) is 10.5 Å². The molecule has 0 aromatic heterocycles. The van der Waals surface area contributed by atoms with Crippen LogP contribution in [0.3, 0.4) is 0 Å². The van der Waals surface area contributed by atoms with Crippen molar-refractivity contribution < 1.29 is 9.53 Å². The monoisotopic (exact) mass is 340 g/mol. The van der Waals surface area contributed by atoms with Gasteiger partial charge in [-0.05, 0) is 31.2 Å². The van der Waals surface area contributed by atoms with E-state index in [9.17, 15) is 4.79 Å². The van der Waals surface area contributed by atoms with Gasteiger partial charge < -0.3 is 15.4 Å². The second kappa shape index (κ2) is 9.26. The number of halogens is 1. The molecule has 4 nitrogen and oxygen atoms in total. The third kappa shape index (κ3) is 5.79. The fourth-order valence-corrected chi connectivity index (χ4v) is 2.65. The maximum atomic E-state index is 12.5. The highest BCUT2D eigenvalue weighted by Crippen LogP contribution is 2.20. The molecular weight excluding hydrogens is 312 g/mol.